The summed E-state index contributed by atoms with van der Waals surface area (Å²) in [5.41, 5.74) is 0.362. The van der Waals surface area contributed by atoms with Crippen LogP contribution in [0.4, 0.5) is 4.39 Å². The molecular formula is C11H14ClFO. The Hall–Kier alpha value is -0.760. The summed E-state index contributed by atoms with van der Waals surface area (Å²) < 4.78 is 18.6. The molecule has 0 bridgehead atoms. The first kappa shape index (κ1) is 11.3. The minimum atomic E-state index is -0.289. The van der Waals surface area contributed by atoms with Gasteiger partial charge in [0.15, 0.2) is 0 Å². The third-order valence-corrected chi connectivity index (χ3v) is 2.34. The first-order valence-electron chi connectivity index (χ1n) is 4.40. The van der Waals surface area contributed by atoms with Crippen molar-refractivity contribution in [1.82, 2.24) is 0 Å². The molecule has 0 saturated heterocycles. The van der Waals surface area contributed by atoms with E-state index in [4.69, 9.17) is 16.3 Å². The van der Waals surface area contributed by atoms with Crippen molar-refractivity contribution in [2.75, 3.05) is 7.11 Å². The Kier molecular flexibility index (Phi) is 3.05. The van der Waals surface area contributed by atoms with Gasteiger partial charge in [0.2, 0.25) is 0 Å². The maximum absolute atomic E-state index is 13.5. The molecule has 0 saturated carbocycles. The molecule has 1 rings (SSSR count). The third-order valence-electron chi connectivity index (χ3n) is 2.05. The van der Waals surface area contributed by atoms with Crippen LogP contribution < -0.4 is 4.74 Å². The fraction of sp³-hybridized carbons (Fsp3) is 0.455. The molecule has 0 aliphatic heterocycles. The van der Waals surface area contributed by atoms with Gasteiger partial charge in [-0.25, -0.2) is 4.39 Å². The van der Waals surface area contributed by atoms with Crippen molar-refractivity contribution in [3.63, 3.8) is 0 Å². The zero-order valence-electron chi connectivity index (χ0n) is 8.82. The van der Waals surface area contributed by atoms with E-state index in [1.165, 1.54) is 13.2 Å². The highest BCUT2D eigenvalue weighted by atomic mass is 35.5. The van der Waals surface area contributed by atoms with Gasteiger partial charge in [-0.3, -0.25) is 0 Å². The maximum atomic E-state index is 13.5. The fourth-order valence-electron chi connectivity index (χ4n) is 1.26. The van der Waals surface area contributed by atoms with Crippen LogP contribution in [0.5, 0.6) is 5.75 Å². The van der Waals surface area contributed by atoms with Crippen molar-refractivity contribution >= 4 is 11.6 Å². The SMILES string of the molecule is COc1cc(C(C)(C)C)c(F)cc1Cl. The number of ether oxygens (including phenoxy) is 1. The lowest BCUT2D eigenvalue weighted by molar-refractivity contribution is 0.410. The predicted octanol–water partition coefficient (Wildman–Crippen LogP) is 3.79. The molecule has 0 heterocycles. The van der Waals surface area contributed by atoms with E-state index in [9.17, 15) is 4.39 Å². The van der Waals surface area contributed by atoms with Crippen molar-refractivity contribution in [3.8, 4) is 5.75 Å². The van der Waals surface area contributed by atoms with Crippen LogP contribution in [0.25, 0.3) is 0 Å². The molecule has 3 heteroatoms. The quantitative estimate of drug-likeness (QED) is 0.694. The molecule has 0 unspecified atom stereocenters. The van der Waals surface area contributed by atoms with Crippen molar-refractivity contribution in [3.05, 3.63) is 28.5 Å². The average molecular weight is 217 g/mol. The molecule has 1 aromatic carbocycles. The molecule has 0 fully saturated rings. The average Bonchev–Trinajstić information content (AvgIpc) is 2.02. The topological polar surface area (TPSA) is 9.23 Å². The number of benzene rings is 1. The Labute approximate surface area is 88.8 Å². The van der Waals surface area contributed by atoms with Crippen molar-refractivity contribution in [1.29, 1.82) is 0 Å². The molecule has 14 heavy (non-hydrogen) atoms. The van der Waals surface area contributed by atoms with Crippen molar-refractivity contribution < 1.29 is 9.13 Å². The van der Waals surface area contributed by atoms with Gasteiger partial charge in [-0.05, 0) is 23.1 Å². The normalized spacial score (nSPS) is 11.6. The summed E-state index contributed by atoms with van der Waals surface area (Å²) in [4.78, 5) is 0. The Morgan fingerprint density at radius 2 is 1.86 bits per heavy atom. The number of methoxy groups -OCH3 is 1. The molecule has 0 radical (unpaired) electrons. The van der Waals surface area contributed by atoms with Gasteiger partial charge in [-0.2, -0.15) is 0 Å². The molecule has 1 aromatic rings. The highest BCUT2D eigenvalue weighted by molar-refractivity contribution is 6.32. The second-order valence-electron chi connectivity index (χ2n) is 4.22. The molecule has 0 N–H and O–H groups in total. The van der Waals surface area contributed by atoms with Gasteiger partial charge in [0.05, 0.1) is 12.1 Å². The highest BCUT2D eigenvalue weighted by Crippen LogP contribution is 2.33. The first-order chi connectivity index (χ1) is 6.36. The van der Waals surface area contributed by atoms with E-state index in [1.54, 1.807) is 6.07 Å². The third kappa shape index (κ3) is 2.18. The lowest BCUT2D eigenvalue weighted by atomic mass is 9.86. The monoisotopic (exact) mass is 216 g/mol. The van der Waals surface area contributed by atoms with Crippen LogP contribution in [-0.4, -0.2) is 7.11 Å². The van der Waals surface area contributed by atoms with E-state index in [0.29, 0.717) is 16.3 Å². The largest absolute Gasteiger partial charge is 0.495 e. The van der Waals surface area contributed by atoms with Crippen LogP contribution >= 0.6 is 11.6 Å². The summed E-state index contributed by atoms with van der Waals surface area (Å²) in [5, 5.41) is 0.304. The lowest BCUT2D eigenvalue weighted by Crippen LogP contribution is -2.13. The summed E-state index contributed by atoms with van der Waals surface area (Å²) >= 11 is 5.79. The van der Waals surface area contributed by atoms with Crippen molar-refractivity contribution in [2.24, 2.45) is 0 Å². The van der Waals surface area contributed by atoms with Crippen LogP contribution in [-0.2, 0) is 5.41 Å². The van der Waals surface area contributed by atoms with E-state index in [0.717, 1.165) is 0 Å². The van der Waals surface area contributed by atoms with Gasteiger partial charge < -0.3 is 4.74 Å². The molecule has 78 valence electrons. The van der Waals surface area contributed by atoms with E-state index >= 15 is 0 Å². The molecular weight excluding hydrogens is 203 g/mol. The van der Waals surface area contributed by atoms with Crippen LogP contribution in [0.1, 0.15) is 26.3 Å². The minimum absolute atomic E-state index is 0.248. The zero-order valence-corrected chi connectivity index (χ0v) is 9.57. The van der Waals surface area contributed by atoms with Gasteiger partial charge in [0.1, 0.15) is 11.6 Å². The lowest BCUT2D eigenvalue weighted by Gasteiger charge is -2.20. The van der Waals surface area contributed by atoms with Crippen LogP contribution in [0.15, 0.2) is 12.1 Å². The number of halogens is 2. The zero-order chi connectivity index (χ0) is 10.9. The van der Waals surface area contributed by atoms with E-state index in [2.05, 4.69) is 0 Å². The molecule has 0 spiro atoms. The maximum Gasteiger partial charge on any atom is 0.137 e. The fourth-order valence-corrected chi connectivity index (χ4v) is 1.49. The second-order valence-corrected chi connectivity index (χ2v) is 4.62. The smallest absolute Gasteiger partial charge is 0.137 e. The standard InChI is InChI=1S/C11H14ClFO/c1-11(2,3)7-5-10(14-4)8(12)6-9(7)13/h5-6H,1-4H3. The van der Waals surface area contributed by atoms with Crippen LogP contribution in [0.2, 0.25) is 5.02 Å². The Bertz CT molecular complexity index is 342. The number of hydrogen-bond donors (Lipinski definition) is 0. The van der Waals surface area contributed by atoms with Gasteiger partial charge >= 0.3 is 0 Å². The first-order valence-corrected chi connectivity index (χ1v) is 4.77. The summed E-state index contributed by atoms with van der Waals surface area (Å²) in [6.07, 6.45) is 0. The summed E-state index contributed by atoms with van der Waals surface area (Å²) in [5.74, 6) is 0.223. The molecule has 0 amide bonds. The Morgan fingerprint density at radius 1 is 1.29 bits per heavy atom. The number of hydrogen-bond acceptors (Lipinski definition) is 1. The highest BCUT2D eigenvalue weighted by Gasteiger charge is 2.20. The molecule has 0 atom stereocenters. The summed E-state index contributed by atoms with van der Waals surface area (Å²) in [7, 11) is 1.52. The summed E-state index contributed by atoms with van der Waals surface area (Å²) in [6.45, 7) is 5.83. The van der Waals surface area contributed by atoms with Crippen molar-refractivity contribution in [2.45, 2.75) is 26.2 Å². The van der Waals surface area contributed by atoms with Gasteiger partial charge in [0, 0.05) is 0 Å². The number of rotatable bonds is 1. The minimum Gasteiger partial charge on any atom is -0.495 e. The summed E-state index contributed by atoms with van der Waals surface area (Å²) in [6, 6.07) is 2.94. The van der Waals surface area contributed by atoms with Gasteiger partial charge in [-0.15, -0.1) is 0 Å². The van der Waals surface area contributed by atoms with Crippen LogP contribution in [0.3, 0.4) is 0 Å². The molecule has 0 aliphatic rings. The van der Waals surface area contributed by atoms with Crippen LogP contribution in [0, 0.1) is 5.82 Å². The van der Waals surface area contributed by atoms with Gasteiger partial charge in [-0.1, -0.05) is 32.4 Å². The molecule has 0 aliphatic carbocycles. The molecule has 0 aromatic heterocycles. The second kappa shape index (κ2) is 3.77. The Morgan fingerprint density at radius 3 is 2.29 bits per heavy atom. The van der Waals surface area contributed by atoms with E-state index in [-0.39, 0.29) is 11.2 Å². The predicted molar refractivity (Wildman–Crippen MR) is 56.7 cm³/mol. The Balaban J connectivity index is 3.32. The molecule has 1 nitrogen and oxygen atoms in total. The van der Waals surface area contributed by atoms with Gasteiger partial charge in [0.25, 0.3) is 0 Å². The van der Waals surface area contributed by atoms with E-state index in [1.807, 2.05) is 20.8 Å². The van der Waals surface area contributed by atoms with E-state index < -0.39 is 0 Å².